The zero-order valence-corrected chi connectivity index (χ0v) is 63.4. The Bertz CT molecular complexity index is 1600. The molecule has 0 aromatic rings. The Morgan fingerprint density at radius 2 is 0.587 bits per heavy atom. The van der Waals surface area contributed by atoms with Crippen molar-refractivity contribution in [3.8, 4) is 0 Å². The molecule has 0 amide bonds. The Hall–Kier alpha value is -1.51. The van der Waals surface area contributed by atoms with Crippen LogP contribution in [-0.4, -0.2) is 70.0 Å². The van der Waals surface area contributed by atoms with Gasteiger partial charge in [0.05, 0.1) is 27.7 Å². The van der Waals surface area contributed by atoms with E-state index in [9.17, 15) is 19.0 Å². The summed E-state index contributed by atoms with van der Waals surface area (Å²) in [4.78, 5) is 38.2. The van der Waals surface area contributed by atoms with Gasteiger partial charge in [0.1, 0.15) is 19.8 Å². The lowest BCUT2D eigenvalue weighted by Crippen LogP contribution is -2.37. The minimum atomic E-state index is -4.64. The lowest BCUT2D eigenvalue weighted by atomic mass is 10.0. The summed E-state index contributed by atoms with van der Waals surface area (Å²) in [6.07, 6.45) is 94.6. The Kier molecular flexibility index (Phi) is 72.5. The number of phosphoric ester groups is 1. The maximum absolute atomic E-state index is 12.9. The molecule has 0 saturated carbocycles. The van der Waals surface area contributed by atoms with E-state index in [-0.39, 0.29) is 32.0 Å². The van der Waals surface area contributed by atoms with Crippen LogP contribution >= 0.6 is 7.82 Å². The first-order chi connectivity index (χ1) is 45.0. The molecule has 10 heteroatoms. The third kappa shape index (κ3) is 77.5. The third-order valence-corrected chi connectivity index (χ3v) is 19.9. The Morgan fingerprint density at radius 3 is 0.859 bits per heavy atom. The van der Waals surface area contributed by atoms with Gasteiger partial charge in [-0.05, 0) is 44.9 Å². The molecule has 0 aliphatic carbocycles. The summed E-state index contributed by atoms with van der Waals surface area (Å²) in [6.45, 7) is 4.33. The lowest BCUT2D eigenvalue weighted by molar-refractivity contribution is -0.870. The standard InChI is InChI=1S/C82H160NO8P/c1-6-8-10-12-14-16-18-20-22-24-26-28-30-32-34-36-38-40-41-43-45-47-49-51-53-55-57-59-61-63-65-67-69-71-73-75-82(85)91-80(79-90-92(86,87)89-77-76-83(3,4)5)78-88-81(84)74-72-70-68-66-64-62-60-58-56-54-52-50-48-46-44-42-39-37-35-33-31-29-27-25-23-21-19-17-15-13-11-9-7-2/h18,20,24,26,80H,6-17,19,21-23,25,27-79H2,1-5H3/b20-18-,26-24-. The molecule has 9 nitrogen and oxygen atoms in total. The van der Waals surface area contributed by atoms with Crippen molar-refractivity contribution >= 4 is 19.8 Å². The van der Waals surface area contributed by atoms with Gasteiger partial charge in [-0.1, -0.05) is 404 Å². The first kappa shape index (κ1) is 90.5. The van der Waals surface area contributed by atoms with Gasteiger partial charge in [-0.2, -0.15) is 0 Å². The van der Waals surface area contributed by atoms with Gasteiger partial charge in [-0.3, -0.25) is 14.2 Å². The highest BCUT2D eigenvalue weighted by atomic mass is 31.2. The topological polar surface area (TPSA) is 111 Å². The molecule has 0 N–H and O–H groups in total. The van der Waals surface area contributed by atoms with Crippen LogP contribution < -0.4 is 4.89 Å². The quantitative estimate of drug-likeness (QED) is 0.0195. The zero-order valence-electron chi connectivity index (χ0n) is 62.5. The van der Waals surface area contributed by atoms with Gasteiger partial charge in [0.15, 0.2) is 6.10 Å². The second-order valence-electron chi connectivity index (χ2n) is 29.5. The van der Waals surface area contributed by atoms with Gasteiger partial charge in [-0.25, -0.2) is 0 Å². The van der Waals surface area contributed by atoms with Crippen LogP contribution in [0.15, 0.2) is 24.3 Å². The molecule has 0 rings (SSSR count). The number of phosphoric acid groups is 1. The second-order valence-corrected chi connectivity index (χ2v) is 30.9. The van der Waals surface area contributed by atoms with E-state index in [0.717, 1.165) is 38.5 Å². The summed E-state index contributed by atoms with van der Waals surface area (Å²) < 4.78 is 34.4. The van der Waals surface area contributed by atoms with E-state index < -0.39 is 26.5 Å². The molecule has 0 fully saturated rings. The van der Waals surface area contributed by atoms with Crippen molar-refractivity contribution in [1.82, 2.24) is 0 Å². The van der Waals surface area contributed by atoms with E-state index in [1.807, 2.05) is 21.1 Å². The van der Waals surface area contributed by atoms with Crippen LogP contribution in [0, 0.1) is 0 Å². The second kappa shape index (κ2) is 73.7. The summed E-state index contributed by atoms with van der Waals surface area (Å²) in [5.74, 6) is -0.803. The minimum Gasteiger partial charge on any atom is -0.756 e. The molecule has 0 aromatic carbocycles. The maximum Gasteiger partial charge on any atom is 0.306 e. The predicted molar refractivity (Wildman–Crippen MR) is 398 cm³/mol. The monoisotopic (exact) mass is 1320 g/mol. The van der Waals surface area contributed by atoms with Gasteiger partial charge < -0.3 is 27.9 Å². The summed E-state index contributed by atoms with van der Waals surface area (Å²) in [7, 11) is 1.20. The molecule has 0 heterocycles. The molecule has 0 spiro atoms. The molecule has 92 heavy (non-hydrogen) atoms. The van der Waals surface area contributed by atoms with Crippen molar-refractivity contribution in [1.29, 1.82) is 0 Å². The Labute approximate surface area is 574 Å². The summed E-state index contributed by atoms with van der Waals surface area (Å²) in [5, 5.41) is 0. The molecule has 0 radical (unpaired) electrons. The largest absolute Gasteiger partial charge is 0.756 e. The van der Waals surface area contributed by atoms with Crippen LogP contribution in [0.25, 0.3) is 0 Å². The summed E-state index contributed by atoms with van der Waals surface area (Å²) in [5.41, 5.74) is 0. The zero-order chi connectivity index (χ0) is 66.9. The molecule has 2 unspecified atom stereocenters. The highest BCUT2D eigenvalue weighted by Crippen LogP contribution is 2.38. The van der Waals surface area contributed by atoms with E-state index in [1.54, 1.807) is 0 Å². The number of nitrogens with zero attached hydrogens (tertiary/aromatic N) is 1. The van der Waals surface area contributed by atoms with Crippen molar-refractivity contribution < 1.29 is 42.1 Å². The van der Waals surface area contributed by atoms with E-state index >= 15 is 0 Å². The number of allylic oxidation sites excluding steroid dienone is 4. The maximum atomic E-state index is 12.9. The number of quaternary nitrogens is 1. The fraction of sp³-hybridized carbons (Fsp3) is 0.927. The van der Waals surface area contributed by atoms with E-state index in [0.29, 0.717) is 17.4 Å². The van der Waals surface area contributed by atoms with Gasteiger partial charge >= 0.3 is 11.9 Å². The predicted octanol–water partition coefficient (Wildman–Crippen LogP) is 26.5. The molecule has 0 aromatic heterocycles. The SMILES string of the molecule is CCCCCCC/C=C\C/C=C\CCCCCCCCCCCCCCCCCCCCCCCCCC(=O)OC(COC(=O)CCCCCCCCCCCCCCCCCCCCCCCCCCCCCCCCCCC)COP(=O)([O-])OCC[N+](C)(C)C. The molecule has 0 bridgehead atoms. The van der Waals surface area contributed by atoms with Gasteiger partial charge in [0.25, 0.3) is 7.82 Å². The van der Waals surface area contributed by atoms with Crippen molar-refractivity contribution in [3.05, 3.63) is 24.3 Å². The first-order valence-corrected chi connectivity index (χ1v) is 42.5. The number of hydrogen-bond acceptors (Lipinski definition) is 8. The van der Waals surface area contributed by atoms with Crippen LogP contribution in [0.5, 0.6) is 0 Å². The van der Waals surface area contributed by atoms with Crippen LogP contribution in [0.3, 0.4) is 0 Å². The van der Waals surface area contributed by atoms with Gasteiger partial charge in [-0.15, -0.1) is 0 Å². The third-order valence-electron chi connectivity index (χ3n) is 19.0. The van der Waals surface area contributed by atoms with Crippen LogP contribution in [-0.2, 0) is 32.7 Å². The average Bonchev–Trinajstić information content (AvgIpc) is 2.14. The average molecular weight is 1320 g/mol. The molecule has 0 saturated heterocycles. The Balaban J connectivity index is 3.89. The van der Waals surface area contributed by atoms with Gasteiger partial charge in [0.2, 0.25) is 0 Å². The van der Waals surface area contributed by atoms with E-state index in [2.05, 4.69) is 38.2 Å². The highest BCUT2D eigenvalue weighted by Gasteiger charge is 2.22. The van der Waals surface area contributed by atoms with Crippen molar-refractivity contribution in [3.63, 3.8) is 0 Å². The normalized spacial score (nSPS) is 13.1. The Morgan fingerprint density at radius 1 is 0.337 bits per heavy atom. The smallest absolute Gasteiger partial charge is 0.306 e. The molecule has 546 valence electrons. The number of carbonyl (C=O) groups excluding carboxylic acids is 2. The van der Waals surface area contributed by atoms with Crippen molar-refractivity contribution in [2.45, 2.75) is 444 Å². The van der Waals surface area contributed by atoms with Crippen molar-refractivity contribution in [2.75, 3.05) is 47.5 Å². The fourth-order valence-corrected chi connectivity index (χ4v) is 13.4. The first-order valence-electron chi connectivity index (χ1n) is 41.0. The summed E-state index contributed by atoms with van der Waals surface area (Å²) >= 11 is 0. The van der Waals surface area contributed by atoms with E-state index in [1.165, 1.54) is 366 Å². The number of likely N-dealkylation sites (N-methyl/N-ethyl adjacent to an activating group) is 1. The number of esters is 2. The van der Waals surface area contributed by atoms with Crippen LogP contribution in [0.1, 0.15) is 438 Å². The summed E-state index contributed by atoms with van der Waals surface area (Å²) in [6, 6.07) is 0. The molecule has 0 aliphatic rings. The number of unbranched alkanes of at least 4 members (excludes halogenated alkanes) is 60. The molecular weight excluding hydrogens is 1160 g/mol. The molecule has 2 atom stereocenters. The lowest BCUT2D eigenvalue weighted by Gasteiger charge is -2.28. The van der Waals surface area contributed by atoms with Crippen molar-refractivity contribution in [2.24, 2.45) is 0 Å². The van der Waals surface area contributed by atoms with Crippen LogP contribution in [0.2, 0.25) is 0 Å². The fourth-order valence-electron chi connectivity index (χ4n) is 12.7. The van der Waals surface area contributed by atoms with Gasteiger partial charge in [0, 0.05) is 12.8 Å². The number of carbonyl (C=O) groups is 2. The number of rotatable bonds is 78. The minimum absolute atomic E-state index is 0.0261. The molecular formula is C82H160NO8P. The molecule has 0 aliphatic heterocycles. The highest BCUT2D eigenvalue weighted by molar-refractivity contribution is 7.45. The number of hydrogen-bond donors (Lipinski definition) is 0. The number of ether oxygens (including phenoxy) is 2. The van der Waals surface area contributed by atoms with E-state index in [4.69, 9.17) is 18.5 Å². The van der Waals surface area contributed by atoms with Crippen LogP contribution in [0.4, 0.5) is 0 Å².